The van der Waals surface area contributed by atoms with Crippen LogP contribution in [0.15, 0.2) is 47.5 Å². The van der Waals surface area contributed by atoms with Gasteiger partial charge in [-0.15, -0.1) is 0 Å². The zero-order valence-electron chi connectivity index (χ0n) is 9.83. The minimum atomic E-state index is -4.20. The molecule has 8 nitrogen and oxygen atoms in total. The van der Waals surface area contributed by atoms with Gasteiger partial charge in [-0.3, -0.25) is 10.1 Å². The number of hydrogen-bond acceptors (Lipinski definition) is 5. The fourth-order valence-corrected chi connectivity index (χ4v) is 3.02. The Hall–Kier alpha value is -2.68. The molecule has 0 unspecified atom stereocenters. The molecule has 0 aliphatic carbocycles. The molecule has 0 radical (unpaired) electrons. The molecule has 2 aromatic rings. The zero-order chi connectivity index (χ0) is 14.9. The second-order valence-corrected chi connectivity index (χ2v) is 5.54. The van der Waals surface area contributed by atoms with Crippen LogP contribution in [0.1, 0.15) is 10.5 Å². The number of hydrogen-bond donors (Lipinski definition) is 1. The second-order valence-electron chi connectivity index (χ2n) is 3.73. The monoisotopic (exact) mass is 296 g/mol. The highest BCUT2D eigenvalue weighted by atomic mass is 32.2. The largest absolute Gasteiger partial charge is 0.476 e. The van der Waals surface area contributed by atoms with Crippen LogP contribution in [0.25, 0.3) is 0 Å². The fraction of sp³-hybridized carbons (Fsp3) is 0. The van der Waals surface area contributed by atoms with Crippen molar-refractivity contribution in [3.63, 3.8) is 0 Å². The van der Waals surface area contributed by atoms with Gasteiger partial charge in [-0.1, -0.05) is 18.2 Å². The number of carbonyl (C=O) groups is 1. The third kappa shape index (κ3) is 2.14. The first kappa shape index (κ1) is 13.7. The highest BCUT2D eigenvalue weighted by Crippen LogP contribution is 2.24. The Morgan fingerprint density at radius 1 is 1.20 bits per heavy atom. The van der Waals surface area contributed by atoms with Gasteiger partial charge in [0.25, 0.3) is 10.0 Å². The van der Waals surface area contributed by atoms with E-state index in [-0.39, 0.29) is 4.90 Å². The molecule has 0 saturated carbocycles. The molecule has 1 aromatic carbocycles. The molecular formula is C11H8N2O6S. The summed E-state index contributed by atoms with van der Waals surface area (Å²) in [6.45, 7) is 0. The van der Waals surface area contributed by atoms with Crippen molar-refractivity contribution in [1.29, 1.82) is 0 Å². The highest BCUT2D eigenvalue weighted by molar-refractivity contribution is 7.90. The third-order valence-electron chi connectivity index (χ3n) is 2.53. The summed E-state index contributed by atoms with van der Waals surface area (Å²) in [6, 6.07) is 7.90. The van der Waals surface area contributed by atoms with E-state index < -0.39 is 32.3 Å². The van der Waals surface area contributed by atoms with Crippen LogP contribution in [-0.2, 0) is 10.0 Å². The van der Waals surface area contributed by atoms with Gasteiger partial charge < -0.3 is 5.11 Å². The predicted octanol–water partition coefficient (Wildman–Crippen LogP) is 1.33. The van der Waals surface area contributed by atoms with Crippen LogP contribution in [0.5, 0.6) is 0 Å². The lowest BCUT2D eigenvalue weighted by Crippen LogP contribution is -2.18. The van der Waals surface area contributed by atoms with Crippen molar-refractivity contribution in [3.8, 4) is 0 Å². The van der Waals surface area contributed by atoms with E-state index in [2.05, 4.69) is 0 Å². The smallest absolute Gasteiger partial charge is 0.360 e. The van der Waals surface area contributed by atoms with Crippen LogP contribution in [0.4, 0.5) is 5.69 Å². The summed E-state index contributed by atoms with van der Waals surface area (Å²) >= 11 is 0. The fourth-order valence-electron chi connectivity index (χ4n) is 1.66. The molecule has 0 spiro atoms. The number of rotatable bonds is 4. The molecule has 104 valence electrons. The average Bonchev–Trinajstić information content (AvgIpc) is 2.85. The standard InChI is InChI=1S/C11H8N2O6S/c14-11(15)10-9(13(16)17)6-7-12(10)20(18,19)8-4-2-1-3-5-8/h1-7H,(H,14,15). The van der Waals surface area contributed by atoms with E-state index in [9.17, 15) is 23.3 Å². The Morgan fingerprint density at radius 2 is 1.80 bits per heavy atom. The first-order valence-electron chi connectivity index (χ1n) is 5.25. The highest BCUT2D eigenvalue weighted by Gasteiger charge is 2.31. The number of carboxylic acids is 1. The topological polar surface area (TPSA) is 120 Å². The maximum atomic E-state index is 12.3. The molecule has 2 rings (SSSR count). The summed E-state index contributed by atoms with van der Waals surface area (Å²) in [5.41, 5.74) is -1.68. The van der Waals surface area contributed by atoms with Crippen LogP contribution < -0.4 is 0 Å². The molecule has 0 amide bonds. The lowest BCUT2D eigenvalue weighted by molar-refractivity contribution is -0.385. The zero-order valence-corrected chi connectivity index (χ0v) is 10.6. The molecule has 0 fully saturated rings. The summed E-state index contributed by atoms with van der Waals surface area (Å²) in [7, 11) is -4.20. The molecule has 20 heavy (non-hydrogen) atoms. The second kappa shape index (κ2) is 4.78. The first-order chi connectivity index (χ1) is 9.35. The maximum absolute atomic E-state index is 12.3. The molecule has 0 saturated heterocycles. The Bertz CT molecular complexity index is 778. The molecule has 1 N–H and O–H groups in total. The summed E-state index contributed by atoms with van der Waals surface area (Å²) in [4.78, 5) is 20.7. The van der Waals surface area contributed by atoms with Gasteiger partial charge in [-0.2, -0.15) is 0 Å². The van der Waals surface area contributed by atoms with Crippen molar-refractivity contribution < 1.29 is 23.2 Å². The van der Waals surface area contributed by atoms with Crippen LogP contribution in [0.2, 0.25) is 0 Å². The van der Waals surface area contributed by atoms with Gasteiger partial charge >= 0.3 is 11.7 Å². The van der Waals surface area contributed by atoms with Crippen LogP contribution >= 0.6 is 0 Å². The van der Waals surface area contributed by atoms with Gasteiger partial charge in [0.05, 0.1) is 9.82 Å². The van der Waals surface area contributed by atoms with E-state index in [1.54, 1.807) is 6.07 Å². The summed E-state index contributed by atoms with van der Waals surface area (Å²) < 4.78 is 24.9. The first-order valence-corrected chi connectivity index (χ1v) is 6.69. The van der Waals surface area contributed by atoms with Crippen molar-refractivity contribution in [3.05, 3.63) is 58.4 Å². The molecule has 0 bridgehead atoms. The average molecular weight is 296 g/mol. The van der Waals surface area contributed by atoms with Gasteiger partial charge in [0.15, 0.2) is 0 Å². The van der Waals surface area contributed by atoms with E-state index in [1.807, 2.05) is 0 Å². The van der Waals surface area contributed by atoms with E-state index in [0.29, 0.717) is 3.97 Å². The Morgan fingerprint density at radius 3 is 2.30 bits per heavy atom. The van der Waals surface area contributed by atoms with E-state index in [0.717, 1.165) is 12.3 Å². The summed E-state index contributed by atoms with van der Waals surface area (Å²) in [5, 5.41) is 19.7. The molecular weight excluding hydrogens is 288 g/mol. The van der Waals surface area contributed by atoms with E-state index in [4.69, 9.17) is 5.11 Å². The molecule has 1 aromatic heterocycles. The van der Waals surface area contributed by atoms with E-state index in [1.165, 1.54) is 24.3 Å². The number of nitro groups is 1. The van der Waals surface area contributed by atoms with Gasteiger partial charge in [-0.25, -0.2) is 17.2 Å². The predicted molar refractivity (Wildman–Crippen MR) is 67.1 cm³/mol. The molecule has 0 atom stereocenters. The lowest BCUT2D eigenvalue weighted by atomic mass is 10.4. The summed E-state index contributed by atoms with van der Waals surface area (Å²) in [6.07, 6.45) is 0.851. The van der Waals surface area contributed by atoms with Crippen LogP contribution in [-0.4, -0.2) is 28.4 Å². The minimum absolute atomic E-state index is 0.159. The Balaban J connectivity index is 2.71. The quantitative estimate of drug-likeness (QED) is 0.671. The van der Waals surface area contributed by atoms with Gasteiger partial charge in [-0.05, 0) is 12.1 Å². The van der Waals surface area contributed by atoms with Crippen molar-refractivity contribution in [2.24, 2.45) is 0 Å². The molecule has 0 aliphatic rings. The number of benzene rings is 1. The molecule has 9 heteroatoms. The molecule has 1 heterocycles. The minimum Gasteiger partial charge on any atom is -0.476 e. The third-order valence-corrected chi connectivity index (χ3v) is 4.22. The number of nitrogens with zero attached hydrogens (tertiary/aromatic N) is 2. The van der Waals surface area contributed by atoms with Crippen LogP contribution in [0, 0.1) is 10.1 Å². The van der Waals surface area contributed by atoms with Crippen molar-refractivity contribution in [2.45, 2.75) is 4.90 Å². The van der Waals surface area contributed by atoms with E-state index >= 15 is 0 Å². The van der Waals surface area contributed by atoms with Crippen molar-refractivity contribution in [1.82, 2.24) is 3.97 Å². The van der Waals surface area contributed by atoms with Crippen LogP contribution in [0.3, 0.4) is 0 Å². The number of carboxylic acid groups (broad SMARTS) is 1. The van der Waals surface area contributed by atoms with Crippen molar-refractivity contribution >= 4 is 21.7 Å². The Labute approximate surface area is 113 Å². The number of aromatic nitrogens is 1. The SMILES string of the molecule is O=C(O)c1c([N+](=O)[O-])ccn1S(=O)(=O)c1ccccc1. The normalized spacial score (nSPS) is 11.2. The lowest BCUT2D eigenvalue weighted by Gasteiger charge is -2.07. The van der Waals surface area contributed by atoms with Gasteiger partial charge in [0.2, 0.25) is 5.69 Å². The van der Waals surface area contributed by atoms with Gasteiger partial charge in [0, 0.05) is 12.3 Å². The van der Waals surface area contributed by atoms with Gasteiger partial charge in [0.1, 0.15) is 0 Å². The summed E-state index contributed by atoms with van der Waals surface area (Å²) in [5.74, 6) is -1.69. The molecule has 0 aliphatic heterocycles. The maximum Gasteiger partial charge on any atom is 0.360 e. The Kier molecular flexibility index (Phi) is 3.28. The number of aromatic carboxylic acids is 1. The van der Waals surface area contributed by atoms with Crippen molar-refractivity contribution in [2.75, 3.05) is 0 Å².